The van der Waals surface area contributed by atoms with E-state index in [1.807, 2.05) is 18.5 Å². The number of rotatable bonds is 3. The minimum atomic E-state index is 0.988. The fraction of sp³-hybridized carbons (Fsp3) is 0.217. The van der Waals surface area contributed by atoms with Crippen LogP contribution in [0.1, 0.15) is 18.4 Å². The first-order valence-electron chi connectivity index (χ1n) is 9.55. The second-order valence-electron chi connectivity index (χ2n) is 7.17. The number of anilines is 1. The van der Waals surface area contributed by atoms with Crippen LogP contribution in [0.15, 0.2) is 67.1 Å². The quantitative estimate of drug-likeness (QED) is 0.521. The Hall–Kier alpha value is -3.14. The molecule has 0 radical (unpaired) electrons. The fourth-order valence-electron chi connectivity index (χ4n) is 4.00. The molecule has 4 heterocycles. The zero-order chi connectivity index (χ0) is 18.2. The van der Waals surface area contributed by atoms with Gasteiger partial charge in [0.2, 0.25) is 0 Å². The lowest BCUT2D eigenvalue weighted by Crippen LogP contribution is -2.19. The average molecular weight is 354 g/mol. The first-order valence-corrected chi connectivity index (χ1v) is 9.55. The summed E-state index contributed by atoms with van der Waals surface area (Å²) in [6.45, 7) is 4.36. The van der Waals surface area contributed by atoms with Crippen LogP contribution in [0.3, 0.4) is 0 Å². The molecular formula is C23H22N4. The van der Waals surface area contributed by atoms with Gasteiger partial charge in [-0.05, 0) is 43.5 Å². The Morgan fingerprint density at radius 3 is 2.52 bits per heavy atom. The van der Waals surface area contributed by atoms with E-state index in [9.17, 15) is 0 Å². The van der Waals surface area contributed by atoms with Gasteiger partial charge in [-0.1, -0.05) is 30.3 Å². The largest absolute Gasteiger partial charge is 0.356 e. The van der Waals surface area contributed by atoms with Crippen LogP contribution in [0.5, 0.6) is 0 Å². The fourth-order valence-corrected chi connectivity index (χ4v) is 4.00. The van der Waals surface area contributed by atoms with Crippen LogP contribution in [0, 0.1) is 6.92 Å². The smallest absolute Gasteiger partial charge is 0.138 e. The van der Waals surface area contributed by atoms with Crippen LogP contribution in [0.25, 0.3) is 28.0 Å². The molecule has 1 aromatic carbocycles. The van der Waals surface area contributed by atoms with Crippen molar-refractivity contribution >= 4 is 11.5 Å². The Balaban J connectivity index is 1.66. The highest BCUT2D eigenvalue weighted by atomic mass is 15.2. The van der Waals surface area contributed by atoms with E-state index in [2.05, 4.69) is 69.9 Å². The van der Waals surface area contributed by atoms with Gasteiger partial charge in [-0.3, -0.25) is 9.38 Å². The second-order valence-corrected chi connectivity index (χ2v) is 7.17. The number of aryl methyl sites for hydroxylation is 1. The van der Waals surface area contributed by atoms with Gasteiger partial charge in [0.15, 0.2) is 0 Å². The lowest BCUT2D eigenvalue weighted by Gasteiger charge is -2.17. The molecule has 0 spiro atoms. The maximum atomic E-state index is 4.72. The van der Waals surface area contributed by atoms with Gasteiger partial charge in [-0.2, -0.15) is 0 Å². The standard InChI is InChI=1S/C23H22N4/c1-17-7-2-3-8-19(17)23-20(9-6-12-24-23)18-10-11-21-25-15-22(27(21)16-18)26-13-4-5-14-26/h2-3,6-12,15-16H,4-5,13-14H2,1H3. The van der Waals surface area contributed by atoms with Crippen LogP contribution in [-0.4, -0.2) is 27.5 Å². The summed E-state index contributed by atoms with van der Waals surface area (Å²) in [5.74, 6) is 1.19. The maximum absolute atomic E-state index is 4.72. The van der Waals surface area contributed by atoms with Crippen molar-refractivity contribution in [2.45, 2.75) is 19.8 Å². The molecule has 0 N–H and O–H groups in total. The van der Waals surface area contributed by atoms with Gasteiger partial charge in [-0.15, -0.1) is 0 Å². The summed E-state index contributed by atoms with van der Waals surface area (Å²) in [5.41, 5.74) is 6.74. The molecule has 0 unspecified atom stereocenters. The van der Waals surface area contributed by atoms with E-state index >= 15 is 0 Å². The molecule has 0 amide bonds. The van der Waals surface area contributed by atoms with Crippen molar-refractivity contribution in [3.63, 3.8) is 0 Å². The highest BCUT2D eigenvalue weighted by molar-refractivity contribution is 5.82. The Labute approximate surface area is 159 Å². The minimum absolute atomic E-state index is 0.988. The molecule has 1 saturated heterocycles. The van der Waals surface area contributed by atoms with E-state index in [1.54, 1.807) is 0 Å². The van der Waals surface area contributed by atoms with E-state index in [0.717, 1.165) is 35.6 Å². The predicted octanol–water partition coefficient (Wildman–Crippen LogP) is 4.97. The topological polar surface area (TPSA) is 33.4 Å². The van der Waals surface area contributed by atoms with E-state index in [0.29, 0.717) is 0 Å². The van der Waals surface area contributed by atoms with Crippen LogP contribution in [0.4, 0.5) is 5.82 Å². The van der Waals surface area contributed by atoms with Gasteiger partial charge < -0.3 is 4.90 Å². The number of aromatic nitrogens is 3. The van der Waals surface area contributed by atoms with Gasteiger partial charge in [0.1, 0.15) is 11.5 Å². The van der Waals surface area contributed by atoms with Crippen molar-refractivity contribution in [2.24, 2.45) is 0 Å². The van der Waals surface area contributed by atoms with E-state index < -0.39 is 0 Å². The van der Waals surface area contributed by atoms with Crippen molar-refractivity contribution in [3.05, 3.63) is 72.7 Å². The first kappa shape index (κ1) is 16.1. The molecule has 5 rings (SSSR count). The molecule has 0 saturated carbocycles. The molecule has 0 bridgehead atoms. The molecule has 1 fully saturated rings. The predicted molar refractivity (Wildman–Crippen MR) is 110 cm³/mol. The molecule has 3 aromatic heterocycles. The van der Waals surface area contributed by atoms with Crippen LogP contribution < -0.4 is 4.90 Å². The van der Waals surface area contributed by atoms with Gasteiger partial charge in [0.05, 0.1) is 11.9 Å². The number of nitrogens with zero attached hydrogens (tertiary/aromatic N) is 4. The van der Waals surface area contributed by atoms with E-state index in [1.165, 1.54) is 29.8 Å². The van der Waals surface area contributed by atoms with E-state index in [-0.39, 0.29) is 0 Å². The third-order valence-electron chi connectivity index (χ3n) is 5.44. The number of hydrogen-bond acceptors (Lipinski definition) is 3. The van der Waals surface area contributed by atoms with Crippen LogP contribution >= 0.6 is 0 Å². The Kier molecular flexibility index (Phi) is 3.89. The van der Waals surface area contributed by atoms with Crippen molar-refractivity contribution in [1.29, 1.82) is 0 Å². The summed E-state index contributed by atoms with van der Waals surface area (Å²) in [4.78, 5) is 11.7. The third-order valence-corrected chi connectivity index (χ3v) is 5.44. The molecule has 1 aliphatic heterocycles. The lowest BCUT2D eigenvalue weighted by molar-refractivity contribution is 0.925. The normalized spacial score (nSPS) is 14.2. The van der Waals surface area contributed by atoms with Crippen LogP contribution in [0.2, 0.25) is 0 Å². The molecule has 1 aliphatic rings. The van der Waals surface area contributed by atoms with Crippen molar-refractivity contribution in [1.82, 2.24) is 14.4 Å². The summed E-state index contributed by atoms with van der Waals surface area (Å²) >= 11 is 0. The summed E-state index contributed by atoms with van der Waals surface area (Å²) in [6.07, 6.45) is 8.58. The molecule has 27 heavy (non-hydrogen) atoms. The van der Waals surface area contributed by atoms with Crippen LogP contribution in [-0.2, 0) is 0 Å². The van der Waals surface area contributed by atoms with Gasteiger partial charge >= 0.3 is 0 Å². The SMILES string of the molecule is Cc1ccccc1-c1ncccc1-c1ccc2ncc(N3CCCC3)n2c1. The summed E-state index contributed by atoms with van der Waals surface area (Å²) in [7, 11) is 0. The number of hydrogen-bond donors (Lipinski definition) is 0. The molecule has 0 atom stereocenters. The summed E-state index contributed by atoms with van der Waals surface area (Å²) < 4.78 is 2.22. The molecule has 134 valence electrons. The molecule has 4 aromatic rings. The van der Waals surface area contributed by atoms with Crippen molar-refractivity contribution in [3.8, 4) is 22.4 Å². The minimum Gasteiger partial charge on any atom is -0.356 e. The molecular weight excluding hydrogens is 332 g/mol. The number of fused-ring (bicyclic) bond motifs is 1. The number of pyridine rings is 2. The lowest BCUT2D eigenvalue weighted by atomic mass is 9.97. The van der Waals surface area contributed by atoms with Gasteiger partial charge in [0.25, 0.3) is 0 Å². The Morgan fingerprint density at radius 1 is 0.852 bits per heavy atom. The monoisotopic (exact) mass is 354 g/mol. The highest BCUT2D eigenvalue weighted by Crippen LogP contribution is 2.33. The van der Waals surface area contributed by atoms with Crippen molar-refractivity contribution in [2.75, 3.05) is 18.0 Å². The highest BCUT2D eigenvalue weighted by Gasteiger charge is 2.17. The Bertz CT molecular complexity index is 1110. The van der Waals surface area contributed by atoms with Gasteiger partial charge in [0, 0.05) is 42.2 Å². The zero-order valence-corrected chi connectivity index (χ0v) is 15.5. The summed E-state index contributed by atoms with van der Waals surface area (Å²) in [6, 6.07) is 16.8. The zero-order valence-electron chi connectivity index (χ0n) is 15.5. The maximum Gasteiger partial charge on any atom is 0.138 e. The second kappa shape index (κ2) is 6.54. The summed E-state index contributed by atoms with van der Waals surface area (Å²) in [5, 5.41) is 0. The Morgan fingerprint density at radius 2 is 1.67 bits per heavy atom. The van der Waals surface area contributed by atoms with Crippen molar-refractivity contribution < 1.29 is 0 Å². The first-order chi connectivity index (χ1) is 13.3. The number of imidazole rings is 1. The average Bonchev–Trinajstić information content (AvgIpc) is 3.37. The molecule has 0 aliphatic carbocycles. The van der Waals surface area contributed by atoms with Gasteiger partial charge in [-0.25, -0.2) is 4.98 Å². The third kappa shape index (κ3) is 2.78. The molecule has 4 heteroatoms. The number of benzene rings is 1. The molecule has 4 nitrogen and oxygen atoms in total. The van der Waals surface area contributed by atoms with E-state index in [4.69, 9.17) is 4.98 Å².